The Morgan fingerprint density at radius 2 is 2.00 bits per heavy atom. The SMILES string of the molecule is CC[C@H](c1cc(-c2ccc(C#CC3[C@H]4CN(CCCC(C)=O)C[C@@H]34)cc2)on1)n1ccnc1[C@H](C)O. The van der Waals surface area contributed by atoms with Gasteiger partial charge in [-0.15, -0.1) is 0 Å². The summed E-state index contributed by atoms with van der Waals surface area (Å²) in [7, 11) is 0. The highest BCUT2D eigenvalue weighted by atomic mass is 16.5. The van der Waals surface area contributed by atoms with Gasteiger partial charge in [0.15, 0.2) is 5.76 Å². The fraction of sp³-hybridized carbons (Fsp3) is 0.483. The maximum absolute atomic E-state index is 11.1. The third-order valence-corrected chi connectivity index (χ3v) is 7.49. The average Bonchev–Trinajstić information content (AvgIpc) is 3.36. The van der Waals surface area contributed by atoms with Crippen LogP contribution in [0.4, 0.5) is 0 Å². The van der Waals surface area contributed by atoms with E-state index in [-0.39, 0.29) is 11.8 Å². The lowest BCUT2D eigenvalue weighted by molar-refractivity contribution is -0.117. The molecule has 1 N–H and O–H groups in total. The smallest absolute Gasteiger partial charge is 0.167 e. The van der Waals surface area contributed by atoms with Gasteiger partial charge in [-0.25, -0.2) is 4.98 Å². The van der Waals surface area contributed by atoms with E-state index in [9.17, 15) is 9.90 Å². The average molecular weight is 487 g/mol. The fourth-order valence-corrected chi connectivity index (χ4v) is 5.49. The molecule has 2 aliphatic rings. The summed E-state index contributed by atoms with van der Waals surface area (Å²) >= 11 is 0. The van der Waals surface area contributed by atoms with Gasteiger partial charge in [0.25, 0.3) is 0 Å². The lowest BCUT2D eigenvalue weighted by Gasteiger charge is -2.17. The third-order valence-electron chi connectivity index (χ3n) is 7.49. The van der Waals surface area contributed by atoms with Crippen molar-refractivity contribution < 1.29 is 14.4 Å². The standard InChI is InChI=1S/C29H34N4O3/c1-4-27(33-15-13-30-29(33)20(3)35)26-16-28(36-31-26)22-10-7-21(8-11-22)9-12-23-24-17-32(18-25(23)24)14-5-6-19(2)34/h7-8,10-11,13,15-16,20,23-25,27,35H,4-6,14,17-18H2,1-3H3/t20-,23?,24-,25+,27+/m0/s1. The minimum absolute atomic E-state index is 0.0530. The summed E-state index contributed by atoms with van der Waals surface area (Å²) in [5.41, 5.74) is 2.78. The monoisotopic (exact) mass is 486 g/mol. The number of ketones is 1. The maximum atomic E-state index is 11.1. The summed E-state index contributed by atoms with van der Waals surface area (Å²) in [6.45, 7) is 8.73. The predicted molar refractivity (Wildman–Crippen MR) is 137 cm³/mol. The third kappa shape index (κ3) is 5.16. The van der Waals surface area contributed by atoms with Gasteiger partial charge in [0.05, 0.1) is 6.04 Å². The van der Waals surface area contributed by atoms with E-state index in [1.807, 2.05) is 41.1 Å². The van der Waals surface area contributed by atoms with E-state index in [0.717, 1.165) is 49.3 Å². The lowest BCUT2D eigenvalue weighted by atomic mass is 10.1. The molecule has 0 amide bonds. The molecule has 1 aromatic carbocycles. The number of Topliss-reactive ketones (excluding diaryl/α,β-unsaturated/α-hetero) is 1. The summed E-state index contributed by atoms with van der Waals surface area (Å²) in [6, 6.07) is 10.0. The van der Waals surface area contributed by atoms with Crippen molar-refractivity contribution in [2.75, 3.05) is 19.6 Å². The first-order chi connectivity index (χ1) is 17.4. The van der Waals surface area contributed by atoms with Crippen molar-refractivity contribution in [2.24, 2.45) is 17.8 Å². The molecule has 1 aliphatic carbocycles. The Morgan fingerprint density at radius 3 is 2.67 bits per heavy atom. The first-order valence-electron chi connectivity index (χ1n) is 13.0. The molecule has 3 aromatic rings. The molecule has 7 heteroatoms. The number of hydrogen-bond donors (Lipinski definition) is 1. The lowest BCUT2D eigenvalue weighted by Crippen LogP contribution is -2.25. The zero-order valence-corrected chi connectivity index (χ0v) is 21.2. The van der Waals surface area contributed by atoms with Crippen LogP contribution in [0.3, 0.4) is 0 Å². The predicted octanol–water partition coefficient (Wildman–Crippen LogP) is 4.49. The highest BCUT2D eigenvalue weighted by Crippen LogP contribution is 2.51. The Hall–Kier alpha value is -3.21. The second-order valence-electron chi connectivity index (χ2n) is 10.2. The van der Waals surface area contributed by atoms with Gasteiger partial charge in [-0.3, -0.25) is 0 Å². The Labute approximate surface area is 212 Å². The van der Waals surface area contributed by atoms with E-state index in [1.165, 1.54) is 0 Å². The van der Waals surface area contributed by atoms with Gasteiger partial charge in [0.1, 0.15) is 23.4 Å². The number of aromatic nitrogens is 3. The topological polar surface area (TPSA) is 84.4 Å². The van der Waals surface area contributed by atoms with Crippen LogP contribution in [0.25, 0.3) is 11.3 Å². The molecule has 1 unspecified atom stereocenters. The highest BCUT2D eigenvalue weighted by Gasteiger charge is 2.54. The van der Waals surface area contributed by atoms with E-state index < -0.39 is 6.10 Å². The second-order valence-corrected chi connectivity index (χ2v) is 10.2. The van der Waals surface area contributed by atoms with Gasteiger partial charge in [-0.05, 0) is 69.3 Å². The highest BCUT2D eigenvalue weighted by molar-refractivity contribution is 5.75. The Balaban J connectivity index is 1.18. The number of aliphatic hydroxyl groups excluding tert-OH is 1. The molecule has 2 fully saturated rings. The zero-order valence-electron chi connectivity index (χ0n) is 21.2. The minimum atomic E-state index is -0.652. The van der Waals surface area contributed by atoms with E-state index >= 15 is 0 Å². The molecule has 2 aromatic heterocycles. The van der Waals surface area contributed by atoms with Crippen LogP contribution < -0.4 is 0 Å². The number of carbonyl (C=O) groups is 1. The number of imidazole rings is 1. The molecular weight excluding hydrogens is 452 g/mol. The maximum Gasteiger partial charge on any atom is 0.167 e. The number of carbonyl (C=O) groups excluding carboxylic acids is 1. The summed E-state index contributed by atoms with van der Waals surface area (Å²) in [4.78, 5) is 17.9. The summed E-state index contributed by atoms with van der Waals surface area (Å²) in [5.74, 6) is 10.4. The minimum Gasteiger partial charge on any atom is -0.385 e. The van der Waals surface area contributed by atoms with Gasteiger partial charge in [0, 0.05) is 55.0 Å². The van der Waals surface area contributed by atoms with Gasteiger partial charge >= 0.3 is 0 Å². The summed E-state index contributed by atoms with van der Waals surface area (Å²) < 4.78 is 7.64. The molecule has 0 spiro atoms. The molecule has 188 valence electrons. The van der Waals surface area contributed by atoms with Crippen molar-refractivity contribution in [3.63, 3.8) is 0 Å². The van der Waals surface area contributed by atoms with Gasteiger partial charge < -0.3 is 23.9 Å². The molecule has 3 heterocycles. The number of rotatable bonds is 9. The number of aliphatic hydroxyl groups is 1. The molecule has 0 bridgehead atoms. The van der Waals surface area contributed by atoms with Crippen molar-refractivity contribution in [1.82, 2.24) is 19.6 Å². The number of likely N-dealkylation sites (tertiary alicyclic amines) is 1. The zero-order chi connectivity index (χ0) is 25.2. The van der Waals surface area contributed by atoms with Crippen LogP contribution in [-0.2, 0) is 4.79 Å². The van der Waals surface area contributed by atoms with Crippen molar-refractivity contribution in [3.8, 4) is 23.2 Å². The number of piperidine rings is 1. The fourth-order valence-electron chi connectivity index (χ4n) is 5.49. The van der Waals surface area contributed by atoms with Crippen molar-refractivity contribution >= 4 is 5.78 Å². The van der Waals surface area contributed by atoms with Crippen LogP contribution in [0.2, 0.25) is 0 Å². The molecule has 7 nitrogen and oxygen atoms in total. The van der Waals surface area contributed by atoms with E-state index in [4.69, 9.17) is 4.52 Å². The van der Waals surface area contributed by atoms with E-state index in [2.05, 4.69) is 33.8 Å². The van der Waals surface area contributed by atoms with Crippen LogP contribution in [0.5, 0.6) is 0 Å². The Bertz CT molecular complexity index is 1250. The van der Waals surface area contributed by atoms with E-state index in [1.54, 1.807) is 20.0 Å². The molecule has 0 radical (unpaired) electrons. The molecule has 1 aliphatic heterocycles. The van der Waals surface area contributed by atoms with Crippen molar-refractivity contribution in [2.45, 2.75) is 52.2 Å². The van der Waals surface area contributed by atoms with Crippen LogP contribution in [-0.4, -0.2) is 50.1 Å². The quantitative estimate of drug-likeness (QED) is 0.449. The Morgan fingerprint density at radius 1 is 1.25 bits per heavy atom. The van der Waals surface area contributed by atoms with Crippen LogP contribution in [0, 0.1) is 29.6 Å². The molecular formula is C29H34N4O3. The first kappa shape index (κ1) is 24.5. The second kappa shape index (κ2) is 10.4. The van der Waals surface area contributed by atoms with Crippen LogP contribution in [0.1, 0.15) is 69.3 Å². The summed E-state index contributed by atoms with van der Waals surface area (Å²) in [5, 5.41) is 14.4. The van der Waals surface area contributed by atoms with Crippen molar-refractivity contribution in [3.05, 3.63) is 59.8 Å². The Kier molecular flexibility index (Phi) is 7.08. The van der Waals surface area contributed by atoms with Gasteiger partial charge in [0.2, 0.25) is 0 Å². The van der Waals surface area contributed by atoms with Crippen LogP contribution >= 0.6 is 0 Å². The molecule has 5 rings (SSSR count). The molecule has 1 saturated heterocycles. The number of fused-ring (bicyclic) bond motifs is 1. The van der Waals surface area contributed by atoms with Crippen molar-refractivity contribution in [1.29, 1.82) is 0 Å². The normalized spacial score (nSPS) is 22.5. The number of nitrogens with zero attached hydrogens (tertiary/aromatic N) is 4. The molecule has 5 atom stereocenters. The number of benzene rings is 1. The van der Waals surface area contributed by atoms with Gasteiger partial charge in [-0.2, -0.15) is 0 Å². The largest absolute Gasteiger partial charge is 0.385 e. The first-order valence-corrected chi connectivity index (χ1v) is 13.0. The van der Waals surface area contributed by atoms with E-state index in [0.29, 0.717) is 35.8 Å². The molecule has 36 heavy (non-hydrogen) atoms. The van der Waals surface area contributed by atoms with Gasteiger partial charge in [-0.1, -0.05) is 23.9 Å². The van der Waals surface area contributed by atoms with Crippen LogP contribution in [0.15, 0.2) is 47.2 Å². The summed E-state index contributed by atoms with van der Waals surface area (Å²) in [6.07, 6.45) is 5.38. The molecule has 1 saturated carbocycles. The number of hydrogen-bond acceptors (Lipinski definition) is 6.